The second-order valence-electron chi connectivity index (χ2n) is 38.2. The van der Waals surface area contributed by atoms with Crippen LogP contribution in [0.3, 0.4) is 0 Å². The molecule has 3 atom stereocenters. The van der Waals surface area contributed by atoms with E-state index in [0.29, 0.717) is 91.1 Å². The van der Waals surface area contributed by atoms with E-state index >= 15 is 0 Å². The number of nitrogens with zero attached hydrogens (tertiary/aromatic N) is 5. The lowest BCUT2D eigenvalue weighted by molar-refractivity contribution is -0.287. The summed E-state index contributed by atoms with van der Waals surface area (Å²) in [7, 11) is 1.63. The molecule has 0 spiro atoms. The third-order valence-electron chi connectivity index (χ3n) is 26.6. The summed E-state index contributed by atoms with van der Waals surface area (Å²) >= 11 is 0. The number of aliphatic hydroxyl groups is 7. The van der Waals surface area contributed by atoms with Crippen molar-refractivity contribution < 1.29 is 132 Å². The molecule has 27 nitrogen and oxygen atoms in total. The average molecular weight is 1910 g/mol. The second-order valence-corrected chi connectivity index (χ2v) is 38.2. The number of hydrogen-bond donors (Lipinski definition) is 11. The number of hydrogen-bond acceptors (Lipinski definition) is 19. The molecule has 0 radical (unpaired) electrons. The van der Waals surface area contributed by atoms with Crippen LogP contribution in [0.5, 0.6) is 40.2 Å². The number of alkyl halides is 9. The van der Waals surface area contributed by atoms with Crippen LogP contribution in [-0.2, 0) is 84.0 Å². The standard InChI is InChI=1S/C27H27F2N3O5.C26H32N2O4.C25H24F2N2O4.C23H19F5N2O5.3H2/c1-25(2,3)23-10-15-8-19(16(12-30)9-20(15)32(23)13-18(34)14-33)31-24(35)26(6-7-26)17-4-5-21-22(11-17)37-27(28,29)36-21;1-25(2,3)23-14-17-13-19(7-10-22(17)28(23)15-20(30)16-29)27-24(31)26(11-12-26)18-5-8-21(32-4)9-6-18;26-25(27)32-21-7-4-17(14-22(21)33-25)24(8-9-24)23(31)28-18-5-6-19-16(12-18)13-20(15-2-1-3-15)29(19)10-11-30;24-22(25,26)19-8-12-7-14(2-3-16(12)30(19)10-15(32)11-31)29-20(33)21(5-6-21)13-1-4-17-18(9-13)35-23(27,28)34-17;;;/h4-5,8-11,18,33-34H,6-7,13-14H2,1-3H3,(H,31,35);5-10,13-14,20,29-30H,11-12,15-16H2,1-4H3,(H,27,31);4-7,12-15,30H,1-3,8-11H2,(H,28,31);1-4,7-9,15,31-32H,5-6,10-11H2,(H,29,33);3*1H/t18-;20-;;15-;;;/m11.1.../s1. The molecular weight excluding hydrogens is 1800 g/mol. The van der Waals surface area contributed by atoms with Crippen LogP contribution in [0.2, 0.25) is 0 Å². The van der Waals surface area contributed by atoms with Gasteiger partial charge in [-0.05, 0) is 232 Å². The van der Waals surface area contributed by atoms with Gasteiger partial charge in [0.15, 0.2) is 34.5 Å². The van der Waals surface area contributed by atoms with Crippen molar-refractivity contribution in [1.29, 1.82) is 5.26 Å². The number of anilines is 4. The zero-order valence-electron chi connectivity index (χ0n) is 75.7. The molecule has 20 rings (SSSR count). The summed E-state index contributed by atoms with van der Waals surface area (Å²) in [5, 5.41) is 91.7. The maximum absolute atomic E-state index is 13.5. The summed E-state index contributed by atoms with van der Waals surface area (Å²) in [5.74, 6) is -0.253. The van der Waals surface area contributed by atoms with E-state index in [1.807, 2.05) is 92.1 Å². The number of amides is 4. The molecule has 7 heterocycles. The molecule has 728 valence electrons. The maximum Gasteiger partial charge on any atom is 0.586 e. The number of methoxy groups -OCH3 is 1. The van der Waals surface area contributed by atoms with Crippen molar-refractivity contribution in [1.82, 2.24) is 18.3 Å². The van der Waals surface area contributed by atoms with E-state index in [1.54, 1.807) is 31.4 Å². The number of carbonyl (C=O) groups excluding carboxylic acids is 4. The van der Waals surface area contributed by atoms with Crippen LogP contribution in [0, 0.1) is 11.3 Å². The molecule has 5 aliphatic carbocycles. The lowest BCUT2D eigenvalue weighted by Gasteiger charge is -2.27. The summed E-state index contributed by atoms with van der Waals surface area (Å²) in [6.45, 7) is 11.7. The number of aliphatic hydroxyl groups excluding tert-OH is 7. The third kappa shape index (κ3) is 19.2. The molecule has 8 aliphatic rings. The Morgan fingerprint density at radius 1 is 0.431 bits per heavy atom. The molecule has 8 aromatic carbocycles. The molecule has 12 aromatic rings. The average Bonchev–Trinajstić information content (AvgIpc) is 1.58. The summed E-state index contributed by atoms with van der Waals surface area (Å²) in [5.41, 5.74) is 6.41. The minimum atomic E-state index is -4.70. The molecule has 5 saturated carbocycles. The van der Waals surface area contributed by atoms with Crippen LogP contribution in [-0.4, -0.2) is 148 Å². The fourth-order valence-electron chi connectivity index (χ4n) is 18.6. The van der Waals surface area contributed by atoms with Gasteiger partial charge >= 0.3 is 25.1 Å². The Balaban J connectivity index is 0.000000148. The first kappa shape index (κ1) is 95.7. The smallest absolute Gasteiger partial charge is 0.497 e. The number of nitrogens with one attached hydrogen (secondary N) is 4. The monoisotopic (exact) mass is 1910 g/mol. The predicted molar refractivity (Wildman–Crippen MR) is 493 cm³/mol. The SMILES string of the molecule is CC(C)(C)c1cc2cc(NC(=O)C3(c4ccc5c(c4)OC(F)(F)O5)CC3)c(C#N)cc2n1C[C@@H](O)CO.COc1ccc(C2(C(=O)Nc3ccc4c(c3)cc(C(C)(C)C)n4C[C@@H](O)CO)CC2)cc1.O=C(Nc1ccc2c(c1)cc(C(F)(F)F)n2C[C@@H](O)CO)C1(c2ccc3c(c2)OC(F)(F)O3)CC1.O=C(Nc1ccc2c(c1)cc(C1CCC1)n2CCO)C1(c2ccc3c(c2)OC(F)(F)O3)CC1.[HH].[HH].[HH]. The molecule has 0 saturated heterocycles. The first-order valence-corrected chi connectivity index (χ1v) is 45.0. The fourth-order valence-corrected chi connectivity index (χ4v) is 18.6. The van der Waals surface area contributed by atoms with Gasteiger partial charge in [-0.3, -0.25) is 19.2 Å². The van der Waals surface area contributed by atoms with Crippen molar-refractivity contribution in [3.05, 3.63) is 220 Å². The van der Waals surface area contributed by atoms with E-state index in [9.17, 15) is 94.6 Å². The number of benzene rings is 8. The van der Waals surface area contributed by atoms with Crippen LogP contribution in [0.1, 0.15) is 173 Å². The highest BCUT2D eigenvalue weighted by Crippen LogP contribution is 2.57. The van der Waals surface area contributed by atoms with Crippen molar-refractivity contribution in [3.63, 3.8) is 0 Å². The highest BCUT2D eigenvalue weighted by Gasteiger charge is 2.57. The van der Waals surface area contributed by atoms with Crippen molar-refractivity contribution in [3.8, 4) is 46.3 Å². The van der Waals surface area contributed by atoms with Gasteiger partial charge in [-0.15, -0.1) is 26.3 Å². The Kier molecular flexibility index (Phi) is 25.0. The van der Waals surface area contributed by atoms with E-state index in [1.165, 1.54) is 72.8 Å². The van der Waals surface area contributed by atoms with Crippen molar-refractivity contribution >= 4 is 90.0 Å². The first-order chi connectivity index (χ1) is 64.8. The second kappa shape index (κ2) is 35.8. The van der Waals surface area contributed by atoms with Crippen molar-refractivity contribution in [2.45, 2.75) is 220 Å². The highest BCUT2D eigenvalue weighted by atomic mass is 19.4. The van der Waals surface area contributed by atoms with Gasteiger partial charge in [0.2, 0.25) is 23.6 Å². The minimum absolute atomic E-state index is 0. The number of ether oxygens (including phenoxy) is 7. The molecule has 137 heavy (non-hydrogen) atoms. The third-order valence-corrected chi connectivity index (χ3v) is 26.6. The topological polar surface area (TPSA) is 366 Å². The molecule has 4 aromatic heterocycles. The van der Waals surface area contributed by atoms with E-state index in [2.05, 4.69) is 97.8 Å². The quantitative estimate of drug-likeness (QED) is 0.0237. The van der Waals surface area contributed by atoms with E-state index in [4.69, 9.17) is 9.84 Å². The number of fused-ring (bicyclic) bond motifs is 7. The Morgan fingerprint density at radius 3 is 1.11 bits per heavy atom. The van der Waals surface area contributed by atoms with Crippen LogP contribution >= 0.6 is 0 Å². The molecule has 0 bridgehead atoms. The number of carbonyl (C=O) groups is 4. The Morgan fingerprint density at radius 2 is 0.766 bits per heavy atom. The van der Waals surface area contributed by atoms with Crippen molar-refractivity contribution in [2.75, 3.05) is 54.8 Å². The van der Waals surface area contributed by atoms with Gasteiger partial charge in [0, 0.05) is 99.4 Å². The number of aromatic nitrogens is 4. The van der Waals surface area contributed by atoms with Crippen LogP contribution < -0.4 is 54.4 Å². The molecule has 11 N–H and O–H groups in total. The lowest BCUT2D eigenvalue weighted by atomic mass is 9.83. The van der Waals surface area contributed by atoms with Gasteiger partial charge in [-0.25, -0.2) is 0 Å². The zero-order valence-corrected chi connectivity index (χ0v) is 75.7. The Hall–Kier alpha value is -13.0. The van der Waals surface area contributed by atoms with Gasteiger partial charge in [0.1, 0.15) is 17.5 Å². The first-order valence-electron chi connectivity index (χ1n) is 45.0. The van der Waals surface area contributed by atoms with Crippen LogP contribution in [0.4, 0.5) is 62.3 Å². The number of rotatable bonds is 25. The van der Waals surface area contributed by atoms with Gasteiger partial charge in [-0.2, -0.15) is 18.4 Å². The van der Waals surface area contributed by atoms with Gasteiger partial charge in [0.25, 0.3) is 0 Å². The Labute approximate surface area is 783 Å². The molecule has 4 amide bonds. The molecule has 0 unspecified atom stereocenters. The summed E-state index contributed by atoms with van der Waals surface area (Å²) in [4.78, 5) is 53.0. The Bertz CT molecular complexity index is 6760. The summed E-state index contributed by atoms with van der Waals surface area (Å²) < 4.78 is 160. The number of nitriles is 1. The normalized spacial score (nSPS) is 18.1. The van der Waals surface area contributed by atoms with Crippen LogP contribution in [0.15, 0.2) is 170 Å². The van der Waals surface area contributed by atoms with E-state index in [0.717, 1.165) is 91.9 Å². The maximum atomic E-state index is 13.5. The van der Waals surface area contributed by atoms with Gasteiger partial charge in [0.05, 0.1) is 104 Å². The molecule has 3 aliphatic heterocycles. The van der Waals surface area contributed by atoms with E-state index in [-0.39, 0.29) is 109 Å². The molecule has 5 fully saturated rings. The van der Waals surface area contributed by atoms with Gasteiger partial charge < -0.3 is 108 Å². The molecule has 36 heteroatoms. The fraction of sp³-hybridized carbons (Fsp3) is 0.396. The minimum Gasteiger partial charge on any atom is -0.497 e. The largest absolute Gasteiger partial charge is 0.586 e. The number of halogens is 9. The van der Waals surface area contributed by atoms with E-state index < -0.39 is 96.4 Å². The molecular formula is C101H108F9N9O18. The lowest BCUT2D eigenvalue weighted by Crippen LogP contribution is -2.28. The predicted octanol–water partition coefficient (Wildman–Crippen LogP) is 17.8. The zero-order chi connectivity index (χ0) is 97.8. The van der Waals surface area contributed by atoms with Crippen LogP contribution in [0.25, 0.3) is 43.6 Å². The highest BCUT2D eigenvalue weighted by molar-refractivity contribution is 6.06. The van der Waals surface area contributed by atoms with Crippen molar-refractivity contribution in [2.24, 2.45) is 0 Å². The van der Waals surface area contributed by atoms with Gasteiger partial charge in [-0.1, -0.05) is 78.3 Å². The summed E-state index contributed by atoms with van der Waals surface area (Å²) in [6, 6.07) is 49.2. The summed E-state index contributed by atoms with van der Waals surface area (Å²) in [6.07, 6.45) is -10.7.